The number of aryl methyl sites for hydroxylation is 4. The maximum absolute atomic E-state index is 12.9. The molecule has 1 atom stereocenters. The molecule has 2 aromatic heterocycles. The van der Waals surface area contributed by atoms with Gasteiger partial charge >= 0.3 is 6.03 Å². The van der Waals surface area contributed by atoms with Crippen LogP contribution in [0.25, 0.3) is 0 Å². The predicted molar refractivity (Wildman–Crippen MR) is 86.2 cm³/mol. The molecule has 0 bridgehead atoms. The van der Waals surface area contributed by atoms with Gasteiger partial charge in [-0.1, -0.05) is 0 Å². The summed E-state index contributed by atoms with van der Waals surface area (Å²) in [5.74, 6) is 1.07. The van der Waals surface area contributed by atoms with E-state index in [1.54, 1.807) is 19.9 Å². The Kier molecular flexibility index (Phi) is 3.55. The van der Waals surface area contributed by atoms with Crippen molar-refractivity contribution in [2.24, 2.45) is 0 Å². The average Bonchev–Trinajstić information content (AvgIpc) is 3.03. The summed E-state index contributed by atoms with van der Waals surface area (Å²) in [5, 5.41) is 3.55. The molecule has 1 unspecified atom stereocenters. The molecule has 6 nitrogen and oxygen atoms in total. The second-order valence-electron chi connectivity index (χ2n) is 6.02. The van der Waals surface area contributed by atoms with Crippen LogP contribution < -0.4 is 5.32 Å². The zero-order valence-corrected chi connectivity index (χ0v) is 14.6. The highest BCUT2D eigenvalue weighted by atomic mass is 32.1. The van der Waals surface area contributed by atoms with Gasteiger partial charge < -0.3 is 9.73 Å². The van der Waals surface area contributed by atoms with Crippen LogP contribution in [-0.2, 0) is 16.9 Å². The van der Waals surface area contributed by atoms with Crippen LogP contribution in [0.2, 0.25) is 0 Å². The largest absolute Gasteiger partial charge is 0.466 e. The number of amides is 3. The van der Waals surface area contributed by atoms with Crippen LogP contribution in [0.15, 0.2) is 10.5 Å². The number of nitrogens with zero attached hydrogens (tertiary/aromatic N) is 2. The lowest BCUT2D eigenvalue weighted by atomic mass is 9.92. The van der Waals surface area contributed by atoms with E-state index in [1.165, 1.54) is 16.2 Å². The van der Waals surface area contributed by atoms with Gasteiger partial charge in [-0.25, -0.2) is 9.78 Å². The normalized spacial score (nSPS) is 21.2. The standard InChI is InChI=1S/C16H19N3O3S/c1-8-6-12(10(3)22-8)16(5)14(20)19(15(21)18-16)7-13-17-9(2)11(4)23-13/h6H,7H2,1-5H3,(H,18,21). The third-order valence-corrected chi connectivity index (χ3v) is 5.28. The summed E-state index contributed by atoms with van der Waals surface area (Å²) in [5.41, 5.74) is 0.531. The first-order chi connectivity index (χ1) is 10.7. The number of carbonyl (C=O) groups excluding carboxylic acids is 2. The maximum Gasteiger partial charge on any atom is 0.325 e. The molecule has 1 aliphatic rings. The van der Waals surface area contributed by atoms with E-state index in [4.69, 9.17) is 4.42 Å². The lowest BCUT2D eigenvalue weighted by Crippen LogP contribution is -2.41. The molecule has 0 saturated carbocycles. The molecule has 1 fully saturated rings. The molecule has 1 saturated heterocycles. The third-order valence-electron chi connectivity index (χ3n) is 4.22. The van der Waals surface area contributed by atoms with E-state index in [2.05, 4.69) is 10.3 Å². The molecular weight excluding hydrogens is 314 g/mol. The molecule has 23 heavy (non-hydrogen) atoms. The van der Waals surface area contributed by atoms with Crippen LogP contribution in [0, 0.1) is 27.7 Å². The fraction of sp³-hybridized carbons (Fsp3) is 0.438. The molecule has 0 aromatic carbocycles. The van der Waals surface area contributed by atoms with Gasteiger partial charge in [0.05, 0.1) is 12.2 Å². The first-order valence-corrected chi connectivity index (χ1v) is 8.18. The van der Waals surface area contributed by atoms with Gasteiger partial charge in [0.2, 0.25) is 0 Å². The average molecular weight is 333 g/mol. The molecule has 1 aliphatic heterocycles. The Bertz CT molecular complexity index is 788. The number of rotatable bonds is 3. The highest BCUT2D eigenvalue weighted by Gasteiger charge is 2.50. The van der Waals surface area contributed by atoms with Gasteiger partial charge in [-0.05, 0) is 40.7 Å². The summed E-state index contributed by atoms with van der Waals surface area (Å²) < 4.78 is 5.52. The topological polar surface area (TPSA) is 75.4 Å². The summed E-state index contributed by atoms with van der Waals surface area (Å²) in [6.45, 7) is 9.41. The van der Waals surface area contributed by atoms with Crippen LogP contribution >= 0.6 is 11.3 Å². The quantitative estimate of drug-likeness (QED) is 0.876. The number of nitrogens with one attached hydrogen (secondary N) is 1. The third kappa shape index (κ3) is 2.45. The van der Waals surface area contributed by atoms with E-state index >= 15 is 0 Å². The lowest BCUT2D eigenvalue weighted by molar-refractivity contribution is -0.131. The molecule has 122 valence electrons. The number of imide groups is 1. The van der Waals surface area contributed by atoms with Crippen LogP contribution in [0.5, 0.6) is 0 Å². The smallest absolute Gasteiger partial charge is 0.325 e. The number of thiazole rings is 1. The molecule has 3 rings (SSSR count). The Labute approximate surface area is 138 Å². The van der Waals surface area contributed by atoms with E-state index in [1.807, 2.05) is 20.8 Å². The second-order valence-corrected chi connectivity index (χ2v) is 7.31. The van der Waals surface area contributed by atoms with Crippen molar-refractivity contribution in [3.8, 4) is 0 Å². The zero-order valence-electron chi connectivity index (χ0n) is 13.8. The van der Waals surface area contributed by atoms with Crippen molar-refractivity contribution in [2.45, 2.75) is 46.7 Å². The van der Waals surface area contributed by atoms with E-state index in [9.17, 15) is 9.59 Å². The van der Waals surface area contributed by atoms with Crippen molar-refractivity contribution in [3.63, 3.8) is 0 Å². The molecule has 0 radical (unpaired) electrons. The number of hydrogen-bond acceptors (Lipinski definition) is 5. The fourth-order valence-electron chi connectivity index (χ4n) is 2.89. The number of hydrogen-bond donors (Lipinski definition) is 1. The van der Waals surface area contributed by atoms with Crippen LogP contribution in [0.1, 0.15) is 39.6 Å². The number of carbonyl (C=O) groups is 2. The first-order valence-electron chi connectivity index (χ1n) is 7.37. The summed E-state index contributed by atoms with van der Waals surface area (Å²) >= 11 is 1.50. The van der Waals surface area contributed by atoms with Crippen molar-refractivity contribution < 1.29 is 14.0 Å². The Morgan fingerprint density at radius 1 is 1.30 bits per heavy atom. The Hall–Kier alpha value is -2.15. The summed E-state index contributed by atoms with van der Waals surface area (Å²) in [4.78, 5) is 31.9. The molecule has 0 aliphatic carbocycles. The fourth-order valence-corrected chi connectivity index (χ4v) is 3.82. The predicted octanol–water partition coefficient (Wildman–Crippen LogP) is 2.94. The Balaban J connectivity index is 1.92. The van der Waals surface area contributed by atoms with Crippen LogP contribution in [-0.4, -0.2) is 21.8 Å². The van der Waals surface area contributed by atoms with E-state index in [0.29, 0.717) is 17.1 Å². The molecule has 0 spiro atoms. The Morgan fingerprint density at radius 3 is 2.52 bits per heavy atom. The molecule has 3 amide bonds. The maximum atomic E-state index is 12.9. The summed E-state index contributed by atoms with van der Waals surface area (Å²) in [7, 11) is 0. The zero-order chi connectivity index (χ0) is 16.9. The van der Waals surface area contributed by atoms with Gasteiger partial charge in [-0.15, -0.1) is 11.3 Å². The lowest BCUT2D eigenvalue weighted by Gasteiger charge is -2.20. The van der Waals surface area contributed by atoms with E-state index in [-0.39, 0.29) is 12.5 Å². The van der Waals surface area contributed by atoms with Crippen LogP contribution in [0.4, 0.5) is 4.79 Å². The van der Waals surface area contributed by atoms with Gasteiger partial charge in [0, 0.05) is 10.4 Å². The molecule has 3 heterocycles. The number of aromatic nitrogens is 1. The number of urea groups is 1. The minimum Gasteiger partial charge on any atom is -0.466 e. The van der Waals surface area contributed by atoms with Gasteiger partial charge in [0.1, 0.15) is 22.1 Å². The summed E-state index contributed by atoms with van der Waals surface area (Å²) in [6.07, 6.45) is 0. The second kappa shape index (κ2) is 5.19. The highest BCUT2D eigenvalue weighted by Crippen LogP contribution is 2.33. The Morgan fingerprint density at radius 2 is 2.00 bits per heavy atom. The minimum atomic E-state index is -1.10. The molecule has 7 heteroatoms. The minimum absolute atomic E-state index is 0.190. The first kappa shape index (κ1) is 15.7. The van der Waals surface area contributed by atoms with E-state index in [0.717, 1.165) is 15.6 Å². The molecule has 1 N–H and O–H groups in total. The van der Waals surface area contributed by atoms with Crippen molar-refractivity contribution in [2.75, 3.05) is 0 Å². The van der Waals surface area contributed by atoms with Crippen LogP contribution in [0.3, 0.4) is 0 Å². The van der Waals surface area contributed by atoms with Gasteiger partial charge in [-0.3, -0.25) is 9.69 Å². The van der Waals surface area contributed by atoms with Gasteiger partial charge in [0.15, 0.2) is 0 Å². The molecular formula is C16H19N3O3S. The van der Waals surface area contributed by atoms with Crippen molar-refractivity contribution in [3.05, 3.63) is 38.7 Å². The molecule has 2 aromatic rings. The van der Waals surface area contributed by atoms with Crippen molar-refractivity contribution >= 4 is 23.3 Å². The highest BCUT2D eigenvalue weighted by molar-refractivity contribution is 7.11. The van der Waals surface area contributed by atoms with Gasteiger partial charge in [0.25, 0.3) is 5.91 Å². The van der Waals surface area contributed by atoms with Crippen molar-refractivity contribution in [1.29, 1.82) is 0 Å². The number of furan rings is 1. The summed E-state index contributed by atoms with van der Waals surface area (Å²) in [6, 6.07) is 1.40. The van der Waals surface area contributed by atoms with E-state index < -0.39 is 11.6 Å². The monoisotopic (exact) mass is 333 g/mol. The SMILES string of the molecule is Cc1cc(C2(C)NC(=O)N(Cc3nc(C)c(C)s3)C2=O)c(C)o1. The van der Waals surface area contributed by atoms with Gasteiger partial charge in [-0.2, -0.15) is 0 Å². The van der Waals surface area contributed by atoms with Crippen molar-refractivity contribution in [1.82, 2.24) is 15.2 Å².